The molecular formula is C20H24N4O4. The van der Waals surface area contributed by atoms with Crippen LogP contribution < -0.4 is 20.3 Å². The van der Waals surface area contributed by atoms with Gasteiger partial charge in [0.05, 0.1) is 25.8 Å². The summed E-state index contributed by atoms with van der Waals surface area (Å²) in [6, 6.07) is 6.94. The van der Waals surface area contributed by atoms with Crippen molar-refractivity contribution < 1.29 is 14.3 Å². The Kier molecular flexibility index (Phi) is 5.98. The molecule has 2 heterocycles. The van der Waals surface area contributed by atoms with E-state index in [1.807, 2.05) is 0 Å². The van der Waals surface area contributed by atoms with Crippen molar-refractivity contribution in [2.75, 3.05) is 19.0 Å². The molecule has 0 saturated heterocycles. The molecule has 0 radical (unpaired) electrons. The first kappa shape index (κ1) is 19.5. The first-order chi connectivity index (χ1) is 13.5. The van der Waals surface area contributed by atoms with E-state index in [0.717, 1.165) is 12.8 Å². The molecule has 0 atom stereocenters. The predicted molar refractivity (Wildman–Crippen MR) is 106 cm³/mol. The second kappa shape index (κ2) is 8.60. The summed E-state index contributed by atoms with van der Waals surface area (Å²) in [5.74, 6) is 0.833. The molecule has 0 aliphatic rings. The fraction of sp³-hybridized carbons (Fsp3) is 0.350. The van der Waals surface area contributed by atoms with Gasteiger partial charge in [-0.05, 0) is 25.5 Å². The summed E-state index contributed by atoms with van der Waals surface area (Å²) in [6.07, 6.45) is 3.46. The second-order valence-corrected chi connectivity index (χ2v) is 6.43. The minimum Gasteiger partial charge on any atom is -0.497 e. The van der Waals surface area contributed by atoms with E-state index < -0.39 is 0 Å². The zero-order chi connectivity index (χ0) is 20.1. The average Bonchev–Trinajstić information content (AvgIpc) is 3.15. The molecule has 1 aromatic carbocycles. The fourth-order valence-electron chi connectivity index (χ4n) is 2.85. The number of aryl methyl sites for hydroxylation is 1. The number of methoxy groups -OCH3 is 1. The number of fused-ring (bicyclic) bond motifs is 1. The van der Waals surface area contributed by atoms with Crippen LogP contribution in [0.5, 0.6) is 11.5 Å². The Labute approximate surface area is 162 Å². The number of nitrogens with one attached hydrogen (secondary N) is 2. The van der Waals surface area contributed by atoms with Gasteiger partial charge in [0.25, 0.3) is 5.56 Å². The summed E-state index contributed by atoms with van der Waals surface area (Å²) in [4.78, 5) is 29.6. The number of ether oxygens (including phenoxy) is 2. The van der Waals surface area contributed by atoms with Gasteiger partial charge in [-0.25, -0.2) is 9.50 Å². The van der Waals surface area contributed by atoms with E-state index in [9.17, 15) is 9.59 Å². The van der Waals surface area contributed by atoms with E-state index in [2.05, 4.69) is 22.3 Å². The summed E-state index contributed by atoms with van der Waals surface area (Å²) in [6.45, 7) is 4.36. The van der Waals surface area contributed by atoms with Gasteiger partial charge < -0.3 is 14.8 Å². The highest BCUT2D eigenvalue weighted by atomic mass is 16.5. The lowest BCUT2D eigenvalue weighted by Gasteiger charge is -2.14. The van der Waals surface area contributed by atoms with Gasteiger partial charge >= 0.3 is 0 Å². The molecule has 3 aromatic rings. The van der Waals surface area contributed by atoms with Crippen LogP contribution in [0.2, 0.25) is 0 Å². The van der Waals surface area contributed by atoms with E-state index in [4.69, 9.17) is 9.47 Å². The lowest BCUT2D eigenvalue weighted by atomic mass is 10.1. The van der Waals surface area contributed by atoms with E-state index in [1.54, 1.807) is 44.5 Å². The molecule has 148 valence electrons. The Morgan fingerprint density at radius 1 is 1.32 bits per heavy atom. The van der Waals surface area contributed by atoms with Crippen LogP contribution in [0.25, 0.3) is 5.65 Å². The minimum absolute atomic E-state index is 0.0920. The largest absolute Gasteiger partial charge is 0.497 e. The Hall–Kier alpha value is -3.29. The highest BCUT2D eigenvalue weighted by molar-refractivity contribution is 5.94. The SMILES string of the molecule is CCCCOc1ccc(OC)cc1NC(=O)Cc1c(C)nc2cc[nH]n2c1=O. The van der Waals surface area contributed by atoms with E-state index >= 15 is 0 Å². The van der Waals surface area contributed by atoms with Crippen LogP contribution >= 0.6 is 0 Å². The number of benzene rings is 1. The van der Waals surface area contributed by atoms with Crippen molar-refractivity contribution in [3.63, 3.8) is 0 Å². The quantitative estimate of drug-likeness (QED) is 0.582. The second-order valence-electron chi connectivity index (χ2n) is 6.43. The third kappa shape index (κ3) is 4.16. The number of carbonyl (C=O) groups excluding carboxylic acids is 1. The predicted octanol–water partition coefficient (Wildman–Crippen LogP) is 2.70. The van der Waals surface area contributed by atoms with Crippen LogP contribution in [-0.4, -0.2) is 34.2 Å². The zero-order valence-electron chi connectivity index (χ0n) is 16.2. The Bertz CT molecular complexity index is 1040. The van der Waals surface area contributed by atoms with Gasteiger partial charge in [-0.15, -0.1) is 0 Å². The molecule has 0 aliphatic carbocycles. The van der Waals surface area contributed by atoms with Gasteiger partial charge in [-0.1, -0.05) is 13.3 Å². The number of hydrogen-bond acceptors (Lipinski definition) is 5. The van der Waals surface area contributed by atoms with Crippen molar-refractivity contribution in [2.45, 2.75) is 33.1 Å². The van der Waals surface area contributed by atoms with Crippen LogP contribution in [0.15, 0.2) is 35.3 Å². The van der Waals surface area contributed by atoms with Crippen molar-refractivity contribution in [1.82, 2.24) is 14.6 Å². The van der Waals surface area contributed by atoms with Gasteiger partial charge in [0.2, 0.25) is 5.91 Å². The van der Waals surface area contributed by atoms with Gasteiger partial charge in [0, 0.05) is 29.6 Å². The molecule has 0 fully saturated rings. The van der Waals surface area contributed by atoms with Crippen LogP contribution in [-0.2, 0) is 11.2 Å². The fourth-order valence-corrected chi connectivity index (χ4v) is 2.85. The Morgan fingerprint density at radius 3 is 2.89 bits per heavy atom. The van der Waals surface area contributed by atoms with Crippen molar-refractivity contribution in [1.29, 1.82) is 0 Å². The van der Waals surface area contributed by atoms with Crippen LogP contribution in [0, 0.1) is 6.92 Å². The Morgan fingerprint density at radius 2 is 2.14 bits per heavy atom. The average molecular weight is 384 g/mol. The zero-order valence-corrected chi connectivity index (χ0v) is 16.2. The number of aromatic amines is 1. The molecule has 0 aliphatic heterocycles. The lowest BCUT2D eigenvalue weighted by molar-refractivity contribution is -0.115. The number of unbranched alkanes of at least 4 members (excludes halogenated alkanes) is 1. The highest BCUT2D eigenvalue weighted by Gasteiger charge is 2.16. The van der Waals surface area contributed by atoms with Crippen molar-refractivity contribution in [3.05, 3.63) is 52.1 Å². The highest BCUT2D eigenvalue weighted by Crippen LogP contribution is 2.29. The molecule has 2 N–H and O–H groups in total. The maximum absolute atomic E-state index is 12.6. The maximum atomic E-state index is 12.6. The topological polar surface area (TPSA) is 97.7 Å². The van der Waals surface area contributed by atoms with Crippen molar-refractivity contribution >= 4 is 17.2 Å². The number of anilines is 1. The molecule has 8 heteroatoms. The number of hydrogen-bond donors (Lipinski definition) is 2. The van der Waals surface area contributed by atoms with Gasteiger partial charge in [-0.2, -0.15) is 0 Å². The molecule has 28 heavy (non-hydrogen) atoms. The number of amides is 1. The third-order valence-electron chi connectivity index (χ3n) is 4.40. The van der Waals surface area contributed by atoms with Gasteiger partial charge in [-0.3, -0.25) is 14.7 Å². The first-order valence-corrected chi connectivity index (χ1v) is 9.19. The van der Waals surface area contributed by atoms with E-state index in [1.165, 1.54) is 4.52 Å². The number of rotatable bonds is 8. The molecule has 8 nitrogen and oxygen atoms in total. The number of H-pyrrole nitrogens is 1. The maximum Gasteiger partial charge on any atom is 0.276 e. The molecule has 2 aromatic heterocycles. The van der Waals surface area contributed by atoms with Crippen LogP contribution in [0.3, 0.4) is 0 Å². The van der Waals surface area contributed by atoms with Crippen LogP contribution in [0.1, 0.15) is 31.0 Å². The summed E-state index contributed by atoms with van der Waals surface area (Å²) in [5.41, 5.74) is 1.62. The monoisotopic (exact) mass is 384 g/mol. The number of aromatic nitrogens is 3. The molecule has 0 bridgehead atoms. The summed E-state index contributed by atoms with van der Waals surface area (Å²) >= 11 is 0. The smallest absolute Gasteiger partial charge is 0.276 e. The standard InChI is InChI=1S/C20H24N4O4/c1-4-5-10-28-17-7-6-14(27-3)11-16(17)23-19(25)12-15-13(2)22-18-8-9-21-24(18)20(15)26/h6-9,11,21H,4-5,10,12H2,1-3H3,(H,23,25). The third-order valence-corrected chi connectivity index (χ3v) is 4.40. The Balaban J connectivity index is 1.82. The van der Waals surface area contributed by atoms with Crippen molar-refractivity contribution in [3.8, 4) is 11.5 Å². The molecular weight excluding hydrogens is 360 g/mol. The molecule has 3 rings (SSSR count). The number of carbonyl (C=O) groups is 1. The minimum atomic E-state index is -0.331. The normalized spacial score (nSPS) is 10.8. The molecule has 0 unspecified atom stereocenters. The molecule has 1 amide bonds. The van der Waals surface area contributed by atoms with E-state index in [0.29, 0.717) is 40.7 Å². The molecule has 0 saturated carbocycles. The number of nitrogens with zero attached hydrogens (tertiary/aromatic N) is 2. The summed E-state index contributed by atoms with van der Waals surface area (Å²) < 4.78 is 12.3. The van der Waals surface area contributed by atoms with Crippen molar-refractivity contribution in [2.24, 2.45) is 0 Å². The van der Waals surface area contributed by atoms with E-state index in [-0.39, 0.29) is 17.9 Å². The summed E-state index contributed by atoms with van der Waals surface area (Å²) in [5, 5.41) is 5.63. The lowest BCUT2D eigenvalue weighted by Crippen LogP contribution is -2.26. The first-order valence-electron chi connectivity index (χ1n) is 9.19. The molecule has 0 spiro atoms. The van der Waals surface area contributed by atoms with Crippen LogP contribution in [0.4, 0.5) is 5.69 Å². The summed E-state index contributed by atoms with van der Waals surface area (Å²) in [7, 11) is 1.56. The van der Waals surface area contributed by atoms with Gasteiger partial charge in [0.15, 0.2) is 5.65 Å². The van der Waals surface area contributed by atoms with Gasteiger partial charge in [0.1, 0.15) is 11.5 Å².